The van der Waals surface area contributed by atoms with Crippen LogP contribution in [0.5, 0.6) is 11.5 Å². The molecule has 0 aliphatic carbocycles. The highest BCUT2D eigenvalue weighted by atomic mass is 16.5. The molecule has 6 nitrogen and oxygen atoms in total. The molecule has 6 heteroatoms. The summed E-state index contributed by atoms with van der Waals surface area (Å²) >= 11 is 0. The molecule has 0 saturated carbocycles. The van der Waals surface area contributed by atoms with Gasteiger partial charge in [0.1, 0.15) is 0 Å². The van der Waals surface area contributed by atoms with E-state index in [1.165, 1.54) is 5.56 Å². The molecular weight excluding hydrogens is 330 g/mol. The second-order valence-corrected chi connectivity index (χ2v) is 6.10. The van der Waals surface area contributed by atoms with Gasteiger partial charge in [0, 0.05) is 26.7 Å². The Bertz CT molecular complexity index is 533. The molecule has 0 heterocycles. The first kappa shape index (κ1) is 22.1. The molecule has 1 aromatic rings. The number of nitrogens with zero attached hydrogens (tertiary/aromatic N) is 1. The first-order chi connectivity index (χ1) is 12.6. The number of benzene rings is 1. The van der Waals surface area contributed by atoms with E-state index >= 15 is 0 Å². The van der Waals surface area contributed by atoms with Crippen molar-refractivity contribution in [2.24, 2.45) is 4.99 Å². The third-order valence-corrected chi connectivity index (χ3v) is 3.60. The van der Waals surface area contributed by atoms with Crippen molar-refractivity contribution in [3.05, 3.63) is 23.8 Å². The van der Waals surface area contributed by atoms with Gasteiger partial charge in [-0.15, -0.1) is 0 Å². The standard InChI is InChI=1S/C20H35N3O3/c1-6-24-18-10-9-17(15-19(18)25-7-2)11-13-23-20(21-5)22-12-8-14-26-16(3)4/h9-10,15-16H,6-8,11-14H2,1-5H3,(H2,21,22,23). The van der Waals surface area contributed by atoms with Crippen LogP contribution >= 0.6 is 0 Å². The van der Waals surface area contributed by atoms with Crippen LogP contribution in [0, 0.1) is 0 Å². The minimum atomic E-state index is 0.281. The van der Waals surface area contributed by atoms with Crippen molar-refractivity contribution >= 4 is 5.96 Å². The molecule has 0 spiro atoms. The molecule has 0 unspecified atom stereocenters. The van der Waals surface area contributed by atoms with Crippen LogP contribution in [0.15, 0.2) is 23.2 Å². The Morgan fingerprint density at radius 2 is 1.73 bits per heavy atom. The zero-order chi connectivity index (χ0) is 19.2. The summed E-state index contributed by atoms with van der Waals surface area (Å²) < 4.78 is 16.8. The van der Waals surface area contributed by atoms with E-state index in [9.17, 15) is 0 Å². The maximum atomic E-state index is 5.68. The van der Waals surface area contributed by atoms with Gasteiger partial charge in [0.25, 0.3) is 0 Å². The predicted molar refractivity (Wildman–Crippen MR) is 108 cm³/mol. The molecule has 26 heavy (non-hydrogen) atoms. The number of guanidine groups is 1. The molecular formula is C20H35N3O3. The summed E-state index contributed by atoms with van der Waals surface area (Å²) in [5, 5.41) is 6.64. The van der Waals surface area contributed by atoms with Gasteiger partial charge in [0.2, 0.25) is 0 Å². The fraction of sp³-hybridized carbons (Fsp3) is 0.650. The monoisotopic (exact) mass is 365 g/mol. The number of rotatable bonds is 12. The Labute approximate surface area is 158 Å². The summed E-state index contributed by atoms with van der Waals surface area (Å²) in [6.07, 6.45) is 2.11. The van der Waals surface area contributed by atoms with Crippen molar-refractivity contribution in [3.8, 4) is 11.5 Å². The first-order valence-electron chi connectivity index (χ1n) is 9.55. The summed E-state index contributed by atoms with van der Waals surface area (Å²) in [6, 6.07) is 6.11. The van der Waals surface area contributed by atoms with Crippen molar-refractivity contribution in [1.29, 1.82) is 0 Å². The van der Waals surface area contributed by atoms with E-state index in [1.807, 2.05) is 33.8 Å². The maximum absolute atomic E-state index is 5.68. The van der Waals surface area contributed by atoms with Crippen molar-refractivity contribution in [1.82, 2.24) is 10.6 Å². The summed E-state index contributed by atoms with van der Waals surface area (Å²) in [5.41, 5.74) is 1.20. The van der Waals surface area contributed by atoms with Crippen LogP contribution in [0.1, 0.15) is 39.7 Å². The molecule has 0 atom stereocenters. The normalized spacial score (nSPS) is 11.5. The fourth-order valence-electron chi connectivity index (χ4n) is 2.39. The van der Waals surface area contributed by atoms with Gasteiger partial charge >= 0.3 is 0 Å². The maximum Gasteiger partial charge on any atom is 0.190 e. The van der Waals surface area contributed by atoms with Gasteiger partial charge in [-0.3, -0.25) is 4.99 Å². The average molecular weight is 366 g/mol. The number of hydrogen-bond acceptors (Lipinski definition) is 4. The SMILES string of the molecule is CCOc1ccc(CCNC(=NC)NCCCOC(C)C)cc1OCC. The van der Waals surface area contributed by atoms with E-state index in [2.05, 4.69) is 27.8 Å². The lowest BCUT2D eigenvalue weighted by Crippen LogP contribution is -2.39. The smallest absolute Gasteiger partial charge is 0.190 e. The van der Waals surface area contributed by atoms with Crippen LogP contribution in [0.25, 0.3) is 0 Å². The summed E-state index contributed by atoms with van der Waals surface area (Å²) in [4.78, 5) is 4.25. The molecule has 0 amide bonds. The van der Waals surface area contributed by atoms with Crippen LogP contribution < -0.4 is 20.1 Å². The van der Waals surface area contributed by atoms with Crippen molar-refractivity contribution in [3.63, 3.8) is 0 Å². The van der Waals surface area contributed by atoms with E-state index in [0.717, 1.165) is 50.0 Å². The Morgan fingerprint density at radius 1 is 1.04 bits per heavy atom. The molecule has 0 aliphatic rings. The molecule has 0 saturated heterocycles. The lowest BCUT2D eigenvalue weighted by molar-refractivity contribution is 0.0776. The van der Waals surface area contributed by atoms with E-state index in [-0.39, 0.29) is 6.10 Å². The van der Waals surface area contributed by atoms with E-state index < -0.39 is 0 Å². The third-order valence-electron chi connectivity index (χ3n) is 3.60. The van der Waals surface area contributed by atoms with Crippen LogP contribution in [-0.4, -0.2) is 52.0 Å². The van der Waals surface area contributed by atoms with E-state index in [1.54, 1.807) is 7.05 Å². The average Bonchev–Trinajstić information content (AvgIpc) is 2.62. The van der Waals surface area contributed by atoms with E-state index in [0.29, 0.717) is 13.2 Å². The Kier molecular flexibility index (Phi) is 11.3. The zero-order valence-electron chi connectivity index (χ0n) is 16.9. The number of ether oxygens (including phenoxy) is 3. The van der Waals surface area contributed by atoms with Gasteiger partial charge in [-0.2, -0.15) is 0 Å². The van der Waals surface area contributed by atoms with Crippen molar-refractivity contribution in [2.75, 3.05) is 40.0 Å². The molecule has 1 rings (SSSR count). The highest BCUT2D eigenvalue weighted by Gasteiger charge is 2.06. The molecule has 0 aromatic heterocycles. The highest BCUT2D eigenvalue weighted by Crippen LogP contribution is 2.28. The number of hydrogen-bond donors (Lipinski definition) is 2. The Hall–Kier alpha value is -1.95. The second kappa shape index (κ2) is 13.3. The zero-order valence-corrected chi connectivity index (χ0v) is 16.9. The molecule has 0 fully saturated rings. The molecule has 1 aromatic carbocycles. The van der Waals surface area contributed by atoms with Crippen LogP contribution in [0.4, 0.5) is 0 Å². The van der Waals surface area contributed by atoms with Gasteiger partial charge in [-0.05, 0) is 58.2 Å². The molecule has 0 bridgehead atoms. The summed E-state index contributed by atoms with van der Waals surface area (Å²) in [6.45, 7) is 11.7. The van der Waals surface area contributed by atoms with E-state index in [4.69, 9.17) is 14.2 Å². The minimum Gasteiger partial charge on any atom is -0.490 e. The second-order valence-electron chi connectivity index (χ2n) is 6.10. The quantitative estimate of drug-likeness (QED) is 0.339. The van der Waals surface area contributed by atoms with Crippen molar-refractivity contribution in [2.45, 2.75) is 46.6 Å². The number of aliphatic imine (C=N–C) groups is 1. The Morgan fingerprint density at radius 3 is 2.38 bits per heavy atom. The predicted octanol–water partition coefficient (Wildman–Crippen LogP) is 3.01. The highest BCUT2D eigenvalue weighted by molar-refractivity contribution is 5.79. The summed E-state index contributed by atoms with van der Waals surface area (Å²) in [7, 11) is 1.78. The Balaban J connectivity index is 2.39. The lowest BCUT2D eigenvalue weighted by Gasteiger charge is -2.14. The first-order valence-corrected chi connectivity index (χ1v) is 9.55. The molecule has 0 aliphatic heterocycles. The molecule has 2 N–H and O–H groups in total. The fourth-order valence-corrected chi connectivity index (χ4v) is 2.39. The molecule has 0 radical (unpaired) electrons. The largest absolute Gasteiger partial charge is 0.490 e. The van der Waals surface area contributed by atoms with Crippen LogP contribution in [0.2, 0.25) is 0 Å². The van der Waals surface area contributed by atoms with Gasteiger partial charge in [0.05, 0.1) is 19.3 Å². The van der Waals surface area contributed by atoms with Crippen LogP contribution in [-0.2, 0) is 11.2 Å². The van der Waals surface area contributed by atoms with Gasteiger partial charge in [-0.25, -0.2) is 0 Å². The molecule has 148 valence electrons. The lowest BCUT2D eigenvalue weighted by atomic mass is 10.1. The van der Waals surface area contributed by atoms with Crippen molar-refractivity contribution < 1.29 is 14.2 Å². The van der Waals surface area contributed by atoms with Gasteiger partial charge < -0.3 is 24.8 Å². The topological polar surface area (TPSA) is 64.1 Å². The minimum absolute atomic E-state index is 0.281. The summed E-state index contributed by atoms with van der Waals surface area (Å²) in [5.74, 6) is 2.41. The van der Waals surface area contributed by atoms with Crippen LogP contribution in [0.3, 0.4) is 0 Å². The van der Waals surface area contributed by atoms with Gasteiger partial charge in [0.15, 0.2) is 17.5 Å². The van der Waals surface area contributed by atoms with Gasteiger partial charge in [-0.1, -0.05) is 6.07 Å². The third kappa shape index (κ3) is 8.94. The number of nitrogens with one attached hydrogen (secondary N) is 2.